The van der Waals surface area contributed by atoms with Gasteiger partial charge in [-0.3, -0.25) is 0 Å². The van der Waals surface area contributed by atoms with Gasteiger partial charge in [-0.15, -0.1) is 0 Å². The van der Waals surface area contributed by atoms with Gasteiger partial charge in [-0.1, -0.05) is 24.3 Å². The monoisotopic (exact) mass is 246 g/mol. The maximum absolute atomic E-state index is 13.4. The first kappa shape index (κ1) is 12.4. The van der Waals surface area contributed by atoms with Crippen molar-refractivity contribution < 1.29 is 14.2 Å². The first-order chi connectivity index (χ1) is 8.58. The van der Waals surface area contributed by atoms with E-state index in [0.29, 0.717) is 11.3 Å². The molecule has 0 amide bonds. The molecule has 18 heavy (non-hydrogen) atoms. The molecule has 0 saturated heterocycles. The van der Waals surface area contributed by atoms with Crippen LogP contribution in [0.4, 0.5) is 4.39 Å². The molecule has 94 valence electrons. The van der Waals surface area contributed by atoms with Crippen molar-refractivity contribution in [3.8, 4) is 22.6 Å². The molecule has 0 aliphatic carbocycles. The van der Waals surface area contributed by atoms with Crippen LogP contribution in [0.1, 0.15) is 13.8 Å². The van der Waals surface area contributed by atoms with E-state index in [9.17, 15) is 9.50 Å². The Bertz CT molecular complexity index is 550. The number of halogens is 1. The molecular formula is C15H15FO2. The van der Waals surface area contributed by atoms with Crippen molar-refractivity contribution in [2.24, 2.45) is 0 Å². The molecular weight excluding hydrogens is 231 g/mol. The van der Waals surface area contributed by atoms with Crippen molar-refractivity contribution in [2.75, 3.05) is 0 Å². The lowest BCUT2D eigenvalue weighted by atomic mass is 10.0. The number of ether oxygens (including phenoxy) is 1. The van der Waals surface area contributed by atoms with E-state index in [2.05, 4.69) is 0 Å². The van der Waals surface area contributed by atoms with Crippen LogP contribution in [0.2, 0.25) is 0 Å². The van der Waals surface area contributed by atoms with Crippen LogP contribution in [-0.4, -0.2) is 11.2 Å². The Morgan fingerprint density at radius 1 is 1.11 bits per heavy atom. The molecule has 0 saturated carbocycles. The van der Waals surface area contributed by atoms with Crippen molar-refractivity contribution in [3.63, 3.8) is 0 Å². The molecule has 0 aliphatic rings. The molecule has 0 radical (unpaired) electrons. The summed E-state index contributed by atoms with van der Waals surface area (Å²) in [4.78, 5) is 0. The van der Waals surface area contributed by atoms with Crippen molar-refractivity contribution in [2.45, 2.75) is 20.0 Å². The summed E-state index contributed by atoms with van der Waals surface area (Å²) in [6, 6.07) is 11.8. The number of hydrogen-bond donors (Lipinski definition) is 1. The van der Waals surface area contributed by atoms with Crippen molar-refractivity contribution in [3.05, 3.63) is 48.3 Å². The molecule has 0 spiro atoms. The largest absolute Gasteiger partial charge is 0.505 e. The number of para-hydroxylation sites is 1. The Kier molecular flexibility index (Phi) is 3.51. The molecule has 2 nitrogen and oxygen atoms in total. The normalized spacial score (nSPS) is 10.7. The van der Waals surface area contributed by atoms with Crippen molar-refractivity contribution in [1.29, 1.82) is 0 Å². The van der Waals surface area contributed by atoms with E-state index in [1.54, 1.807) is 6.07 Å². The summed E-state index contributed by atoms with van der Waals surface area (Å²) in [7, 11) is 0. The lowest BCUT2D eigenvalue weighted by Crippen LogP contribution is -2.06. The summed E-state index contributed by atoms with van der Waals surface area (Å²) in [6.07, 6.45) is 0.0492. The first-order valence-electron chi connectivity index (χ1n) is 5.82. The van der Waals surface area contributed by atoms with E-state index in [-0.39, 0.29) is 11.9 Å². The van der Waals surface area contributed by atoms with Crippen LogP contribution < -0.4 is 4.74 Å². The first-order valence-corrected chi connectivity index (χ1v) is 5.82. The third-order valence-corrected chi connectivity index (χ3v) is 2.51. The molecule has 0 aliphatic heterocycles. The van der Waals surface area contributed by atoms with E-state index in [4.69, 9.17) is 4.74 Å². The molecule has 2 aromatic carbocycles. The van der Waals surface area contributed by atoms with Crippen LogP contribution >= 0.6 is 0 Å². The fourth-order valence-electron chi connectivity index (χ4n) is 1.74. The van der Waals surface area contributed by atoms with Gasteiger partial charge in [-0.05, 0) is 37.6 Å². The Morgan fingerprint density at radius 2 is 1.83 bits per heavy atom. The molecule has 2 aromatic rings. The van der Waals surface area contributed by atoms with Crippen molar-refractivity contribution in [1.82, 2.24) is 0 Å². The zero-order valence-electron chi connectivity index (χ0n) is 10.4. The predicted octanol–water partition coefficient (Wildman–Crippen LogP) is 3.99. The fraction of sp³-hybridized carbons (Fsp3) is 0.200. The van der Waals surface area contributed by atoms with Gasteiger partial charge in [-0.25, -0.2) is 4.39 Å². The quantitative estimate of drug-likeness (QED) is 0.887. The van der Waals surface area contributed by atoms with Crippen LogP contribution in [-0.2, 0) is 0 Å². The molecule has 0 unspecified atom stereocenters. The summed E-state index contributed by atoms with van der Waals surface area (Å²) < 4.78 is 19.1. The summed E-state index contributed by atoms with van der Waals surface area (Å²) in [5.41, 5.74) is 1.49. The number of phenols is 1. The SMILES string of the molecule is CC(C)Oc1ccccc1-c1ccc(O)c(F)c1. The molecule has 0 heterocycles. The highest BCUT2D eigenvalue weighted by atomic mass is 19.1. The Morgan fingerprint density at radius 3 is 2.50 bits per heavy atom. The number of rotatable bonds is 3. The van der Waals surface area contributed by atoms with E-state index >= 15 is 0 Å². The second kappa shape index (κ2) is 5.08. The molecule has 0 atom stereocenters. The van der Waals surface area contributed by atoms with Gasteiger partial charge in [0.25, 0.3) is 0 Å². The van der Waals surface area contributed by atoms with E-state index in [1.807, 2.05) is 38.1 Å². The number of aromatic hydroxyl groups is 1. The van der Waals surface area contributed by atoms with Gasteiger partial charge >= 0.3 is 0 Å². The van der Waals surface area contributed by atoms with E-state index < -0.39 is 5.82 Å². The number of hydrogen-bond acceptors (Lipinski definition) is 2. The van der Waals surface area contributed by atoms with Crippen molar-refractivity contribution >= 4 is 0 Å². The van der Waals surface area contributed by atoms with Crippen LogP contribution in [0, 0.1) is 5.82 Å². The third-order valence-electron chi connectivity index (χ3n) is 2.51. The van der Waals surface area contributed by atoms with E-state index in [0.717, 1.165) is 5.56 Å². The highest BCUT2D eigenvalue weighted by Crippen LogP contribution is 2.32. The average Bonchev–Trinajstić information content (AvgIpc) is 2.33. The summed E-state index contributed by atoms with van der Waals surface area (Å²) in [5.74, 6) is -0.273. The number of benzene rings is 2. The maximum atomic E-state index is 13.4. The lowest BCUT2D eigenvalue weighted by molar-refractivity contribution is 0.243. The molecule has 0 bridgehead atoms. The second-order valence-corrected chi connectivity index (χ2v) is 4.33. The minimum atomic E-state index is -0.633. The smallest absolute Gasteiger partial charge is 0.165 e. The van der Waals surface area contributed by atoms with Gasteiger partial charge in [0.1, 0.15) is 5.75 Å². The zero-order valence-corrected chi connectivity index (χ0v) is 10.4. The molecule has 0 aromatic heterocycles. The molecule has 0 fully saturated rings. The summed E-state index contributed by atoms with van der Waals surface area (Å²) in [5, 5.41) is 9.20. The standard InChI is InChI=1S/C15H15FO2/c1-10(2)18-15-6-4-3-5-12(15)11-7-8-14(17)13(16)9-11/h3-10,17H,1-2H3. The Hall–Kier alpha value is -2.03. The second-order valence-electron chi connectivity index (χ2n) is 4.33. The topological polar surface area (TPSA) is 29.5 Å². The summed E-state index contributed by atoms with van der Waals surface area (Å²) >= 11 is 0. The van der Waals surface area contributed by atoms with Crippen LogP contribution in [0.15, 0.2) is 42.5 Å². The minimum Gasteiger partial charge on any atom is -0.505 e. The van der Waals surface area contributed by atoms with Crippen LogP contribution in [0.25, 0.3) is 11.1 Å². The minimum absolute atomic E-state index is 0.0492. The molecule has 1 N–H and O–H groups in total. The lowest BCUT2D eigenvalue weighted by Gasteiger charge is -2.14. The van der Waals surface area contributed by atoms with Crippen LogP contribution in [0.5, 0.6) is 11.5 Å². The zero-order chi connectivity index (χ0) is 13.1. The third kappa shape index (κ3) is 2.62. The van der Waals surface area contributed by atoms with E-state index in [1.165, 1.54) is 12.1 Å². The average molecular weight is 246 g/mol. The van der Waals surface area contributed by atoms with Gasteiger partial charge in [0, 0.05) is 5.56 Å². The fourth-order valence-corrected chi connectivity index (χ4v) is 1.74. The Labute approximate surface area is 106 Å². The van der Waals surface area contributed by atoms with Gasteiger partial charge in [0.2, 0.25) is 0 Å². The predicted molar refractivity (Wildman–Crippen MR) is 69.3 cm³/mol. The van der Waals surface area contributed by atoms with Crippen LogP contribution in [0.3, 0.4) is 0 Å². The molecule has 2 rings (SSSR count). The summed E-state index contributed by atoms with van der Waals surface area (Å²) in [6.45, 7) is 3.88. The highest BCUT2D eigenvalue weighted by Gasteiger charge is 2.09. The van der Waals surface area contributed by atoms with Gasteiger partial charge in [-0.2, -0.15) is 0 Å². The molecule has 3 heteroatoms. The maximum Gasteiger partial charge on any atom is 0.165 e. The van der Waals surface area contributed by atoms with Gasteiger partial charge in [0.05, 0.1) is 6.10 Å². The van der Waals surface area contributed by atoms with Gasteiger partial charge in [0.15, 0.2) is 11.6 Å². The Balaban J connectivity index is 2.46. The number of phenolic OH excluding ortho intramolecular Hbond substituents is 1. The highest BCUT2D eigenvalue weighted by molar-refractivity contribution is 5.71. The van der Waals surface area contributed by atoms with Gasteiger partial charge < -0.3 is 9.84 Å².